The lowest BCUT2D eigenvalue weighted by Crippen LogP contribution is -2.13. The highest BCUT2D eigenvalue weighted by molar-refractivity contribution is 6.37. The Bertz CT molecular complexity index is 997. The largest absolute Gasteiger partial charge is 0.491 e. The number of halogens is 2. The van der Waals surface area contributed by atoms with Crippen molar-refractivity contribution >= 4 is 39.9 Å². The Kier molecular flexibility index (Phi) is 6.32. The molecule has 2 N–H and O–H groups in total. The van der Waals surface area contributed by atoms with Crippen LogP contribution in [0.4, 0.5) is 0 Å². The van der Waals surface area contributed by atoms with E-state index in [0.29, 0.717) is 40.3 Å². The van der Waals surface area contributed by atoms with Gasteiger partial charge in [-0.25, -0.2) is 0 Å². The summed E-state index contributed by atoms with van der Waals surface area (Å²) < 4.78 is 11.4. The maximum atomic E-state index is 11.1. The van der Waals surface area contributed by atoms with Crippen LogP contribution in [0, 0.1) is 0 Å². The summed E-state index contributed by atoms with van der Waals surface area (Å²) in [5.74, 6) is 1.43. The van der Waals surface area contributed by atoms with Gasteiger partial charge in [-0.15, -0.1) is 0 Å². The maximum Gasteiger partial charge on any atom is 0.218 e. The fraction of sp³-hybridized carbons (Fsp3) is 0.227. The number of primary amides is 1. The number of carbonyl (C=O) groups excluding carboxylic acids is 1. The zero-order chi connectivity index (χ0) is 20.3. The molecular formula is C22H21Cl2NO3. The van der Waals surface area contributed by atoms with Crippen molar-refractivity contribution in [2.45, 2.75) is 26.2 Å². The minimum absolute atomic E-state index is 0.0750. The number of nitrogens with two attached hydrogens (primary N) is 1. The first-order valence-electron chi connectivity index (χ1n) is 8.99. The van der Waals surface area contributed by atoms with Crippen molar-refractivity contribution in [1.82, 2.24) is 0 Å². The summed E-state index contributed by atoms with van der Waals surface area (Å²) in [6.07, 6.45) is 0.325. The van der Waals surface area contributed by atoms with E-state index < -0.39 is 0 Å². The number of ether oxygens (including phenoxy) is 2. The van der Waals surface area contributed by atoms with E-state index in [1.54, 1.807) is 12.1 Å². The average molecular weight is 418 g/mol. The van der Waals surface area contributed by atoms with E-state index in [-0.39, 0.29) is 11.8 Å². The lowest BCUT2D eigenvalue weighted by Gasteiger charge is -2.13. The van der Waals surface area contributed by atoms with Gasteiger partial charge in [-0.1, -0.05) is 54.4 Å². The molecule has 146 valence electrons. The summed E-state index contributed by atoms with van der Waals surface area (Å²) >= 11 is 12.5. The van der Waals surface area contributed by atoms with Gasteiger partial charge >= 0.3 is 0 Å². The molecule has 0 heterocycles. The van der Waals surface area contributed by atoms with E-state index in [9.17, 15) is 4.79 Å². The minimum Gasteiger partial charge on any atom is -0.491 e. The van der Waals surface area contributed by atoms with Gasteiger partial charge in [-0.05, 0) is 41.3 Å². The van der Waals surface area contributed by atoms with Crippen LogP contribution >= 0.6 is 23.2 Å². The summed E-state index contributed by atoms with van der Waals surface area (Å²) in [4.78, 5) is 11.1. The molecule has 0 saturated carbocycles. The quantitative estimate of drug-likeness (QED) is 0.489. The third-order valence-electron chi connectivity index (χ3n) is 4.41. The van der Waals surface area contributed by atoms with Crippen LogP contribution in [0.15, 0.2) is 48.5 Å². The van der Waals surface area contributed by atoms with Crippen molar-refractivity contribution in [3.63, 3.8) is 0 Å². The molecule has 0 radical (unpaired) electrons. The van der Waals surface area contributed by atoms with E-state index in [1.165, 1.54) is 0 Å². The second kappa shape index (κ2) is 8.72. The summed E-state index contributed by atoms with van der Waals surface area (Å²) in [6.45, 7) is 4.33. The Morgan fingerprint density at radius 1 is 1.00 bits per heavy atom. The highest BCUT2D eigenvalue weighted by Gasteiger charge is 2.12. The smallest absolute Gasteiger partial charge is 0.218 e. The van der Waals surface area contributed by atoms with Crippen molar-refractivity contribution in [3.8, 4) is 17.2 Å². The standard InChI is InChI=1S/C22H21Cl2NO3/c1-3-27-22-19(23)11-18(12-20(22)24)28-17-7-6-15-9-14(4-5-16(15)10-17)13(2)8-21(25)26/h4-7,9-13H,3,8H2,1-2H3,(H2,25,26). The maximum absolute atomic E-state index is 11.1. The predicted molar refractivity (Wildman–Crippen MR) is 114 cm³/mol. The normalized spacial score (nSPS) is 12.0. The number of hydrogen-bond donors (Lipinski definition) is 1. The molecule has 0 aliphatic heterocycles. The molecule has 0 aliphatic carbocycles. The second-order valence-corrected chi connectivity index (χ2v) is 7.41. The van der Waals surface area contributed by atoms with Crippen LogP contribution in [-0.4, -0.2) is 12.5 Å². The molecule has 28 heavy (non-hydrogen) atoms. The first-order valence-corrected chi connectivity index (χ1v) is 9.74. The Morgan fingerprint density at radius 3 is 2.29 bits per heavy atom. The van der Waals surface area contributed by atoms with Crippen LogP contribution in [0.3, 0.4) is 0 Å². The summed E-state index contributed by atoms with van der Waals surface area (Å²) in [7, 11) is 0. The van der Waals surface area contributed by atoms with Crippen LogP contribution in [0.2, 0.25) is 10.0 Å². The van der Waals surface area contributed by atoms with Gasteiger partial charge in [-0.3, -0.25) is 4.79 Å². The van der Waals surface area contributed by atoms with Gasteiger partial charge in [0.05, 0.1) is 16.7 Å². The van der Waals surface area contributed by atoms with Gasteiger partial charge in [0.1, 0.15) is 11.5 Å². The lowest BCUT2D eigenvalue weighted by molar-refractivity contribution is -0.118. The first-order chi connectivity index (χ1) is 13.4. The number of carbonyl (C=O) groups is 1. The van der Waals surface area contributed by atoms with Crippen LogP contribution in [-0.2, 0) is 4.79 Å². The molecule has 3 rings (SSSR count). The van der Waals surface area contributed by atoms with Crippen molar-refractivity contribution in [2.24, 2.45) is 5.73 Å². The zero-order valence-electron chi connectivity index (χ0n) is 15.7. The van der Waals surface area contributed by atoms with E-state index in [4.69, 9.17) is 38.4 Å². The van der Waals surface area contributed by atoms with Gasteiger partial charge in [-0.2, -0.15) is 0 Å². The molecule has 0 aliphatic rings. The monoisotopic (exact) mass is 417 g/mol. The van der Waals surface area contributed by atoms with Crippen molar-refractivity contribution in [2.75, 3.05) is 6.61 Å². The van der Waals surface area contributed by atoms with E-state index in [0.717, 1.165) is 16.3 Å². The number of rotatable bonds is 7. The Hall–Kier alpha value is -2.43. The van der Waals surface area contributed by atoms with Crippen LogP contribution in [0.1, 0.15) is 31.7 Å². The molecule has 0 fully saturated rings. The fourth-order valence-corrected chi connectivity index (χ4v) is 3.62. The van der Waals surface area contributed by atoms with Gasteiger partial charge in [0, 0.05) is 18.6 Å². The molecule has 6 heteroatoms. The topological polar surface area (TPSA) is 61.6 Å². The number of benzene rings is 3. The Morgan fingerprint density at radius 2 is 1.64 bits per heavy atom. The molecule has 0 spiro atoms. The van der Waals surface area contributed by atoms with E-state index >= 15 is 0 Å². The first kappa shape index (κ1) is 20.3. The molecule has 1 unspecified atom stereocenters. The number of hydrogen-bond acceptors (Lipinski definition) is 3. The van der Waals surface area contributed by atoms with Crippen LogP contribution in [0.25, 0.3) is 10.8 Å². The summed E-state index contributed by atoms with van der Waals surface area (Å²) in [5, 5.41) is 2.89. The lowest BCUT2D eigenvalue weighted by atomic mass is 9.95. The third-order valence-corrected chi connectivity index (χ3v) is 4.97. The Balaban J connectivity index is 1.84. The molecule has 1 atom stereocenters. The summed E-state index contributed by atoms with van der Waals surface area (Å²) in [6, 6.07) is 15.2. The Labute approximate surface area is 174 Å². The van der Waals surface area contributed by atoms with E-state index in [2.05, 4.69) is 6.07 Å². The molecule has 4 nitrogen and oxygen atoms in total. The zero-order valence-corrected chi connectivity index (χ0v) is 17.2. The van der Waals surface area contributed by atoms with Gasteiger partial charge in [0.2, 0.25) is 5.91 Å². The molecular weight excluding hydrogens is 397 g/mol. The molecule has 0 saturated heterocycles. The molecule has 0 bridgehead atoms. The van der Waals surface area contributed by atoms with Crippen molar-refractivity contribution < 1.29 is 14.3 Å². The number of fused-ring (bicyclic) bond motifs is 1. The predicted octanol–water partition coefficient (Wildman–Crippen LogP) is 6.32. The van der Waals surface area contributed by atoms with Crippen molar-refractivity contribution in [1.29, 1.82) is 0 Å². The SMILES string of the molecule is CCOc1c(Cl)cc(Oc2ccc3cc(C(C)CC(N)=O)ccc3c2)cc1Cl. The molecule has 1 amide bonds. The van der Waals surface area contributed by atoms with Crippen LogP contribution < -0.4 is 15.2 Å². The molecule has 3 aromatic carbocycles. The fourth-order valence-electron chi connectivity index (χ4n) is 3.05. The highest BCUT2D eigenvalue weighted by Crippen LogP contribution is 2.38. The highest BCUT2D eigenvalue weighted by atomic mass is 35.5. The van der Waals surface area contributed by atoms with Gasteiger partial charge in [0.25, 0.3) is 0 Å². The molecule has 0 aromatic heterocycles. The van der Waals surface area contributed by atoms with Crippen molar-refractivity contribution in [3.05, 3.63) is 64.1 Å². The van der Waals surface area contributed by atoms with E-state index in [1.807, 2.05) is 44.2 Å². The third kappa shape index (κ3) is 4.70. The van der Waals surface area contributed by atoms with Crippen LogP contribution in [0.5, 0.6) is 17.2 Å². The van der Waals surface area contributed by atoms with Gasteiger partial charge < -0.3 is 15.2 Å². The second-order valence-electron chi connectivity index (χ2n) is 6.59. The average Bonchev–Trinajstić information content (AvgIpc) is 2.63. The van der Waals surface area contributed by atoms with Gasteiger partial charge in [0.15, 0.2) is 5.75 Å². The molecule has 3 aromatic rings. The minimum atomic E-state index is -0.302. The summed E-state index contributed by atoms with van der Waals surface area (Å²) in [5.41, 5.74) is 6.38. The number of amides is 1.